The Bertz CT molecular complexity index is 694. The topological polar surface area (TPSA) is 87.7 Å². The van der Waals surface area contributed by atoms with Gasteiger partial charge in [0.25, 0.3) is 5.91 Å². The fourth-order valence-corrected chi connectivity index (χ4v) is 3.83. The second-order valence-corrected chi connectivity index (χ2v) is 7.27. The molecule has 1 aromatic rings. The zero-order chi connectivity index (χ0) is 19.3. The van der Waals surface area contributed by atoms with Crippen molar-refractivity contribution in [1.29, 1.82) is 0 Å². The summed E-state index contributed by atoms with van der Waals surface area (Å²) in [7, 11) is 1.62. The zero-order valence-electron chi connectivity index (χ0n) is 15.8. The molecule has 0 radical (unpaired) electrons. The third-order valence-corrected chi connectivity index (χ3v) is 5.40. The van der Waals surface area contributed by atoms with Crippen LogP contribution in [-0.2, 0) is 16.0 Å². The highest BCUT2D eigenvalue weighted by Gasteiger charge is 2.50. The molecule has 1 heterocycles. The summed E-state index contributed by atoms with van der Waals surface area (Å²) in [6.45, 7) is 0.217. The van der Waals surface area contributed by atoms with Crippen LogP contribution in [0, 0.1) is 0 Å². The number of benzene rings is 1. The van der Waals surface area contributed by atoms with Gasteiger partial charge in [-0.15, -0.1) is 0 Å². The summed E-state index contributed by atoms with van der Waals surface area (Å²) in [5, 5.41) is 5.64. The van der Waals surface area contributed by atoms with Crippen molar-refractivity contribution in [2.45, 2.75) is 50.5 Å². The molecular formula is C20H27N3O4. The molecule has 27 heavy (non-hydrogen) atoms. The Balaban J connectivity index is 1.49. The van der Waals surface area contributed by atoms with Crippen LogP contribution in [0.3, 0.4) is 0 Å². The molecule has 1 saturated heterocycles. The van der Waals surface area contributed by atoms with Gasteiger partial charge in [-0.05, 0) is 37.0 Å². The number of hydrogen-bond donors (Lipinski definition) is 2. The standard InChI is InChI=1S/C20H27N3O4/c1-27-16-8-6-15(7-9-16)10-13-21-17(24)14-23-18(25)20(22-19(23)26)11-4-2-3-5-12-20/h6-9H,2-5,10-14H2,1H3,(H,21,24)(H,22,26). The van der Waals surface area contributed by atoms with E-state index in [1.165, 1.54) is 0 Å². The molecule has 4 amide bonds. The Kier molecular flexibility index (Phi) is 5.98. The highest BCUT2D eigenvalue weighted by molar-refractivity contribution is 6.09. The Morgan fingerprint density at radius 2 is 1.81 bits per heavy atom. The van der Waals surface area contributed by atoms with Crippen LogP contribution in [0.25, 0.3) is 0 Å². The number of urea groups is 1. The fourth-order valence-electron chi connectivity index (χ4n) is 3.83. The summed E-state index contributed by atoms with van der Waals surface area (Å²) in [5.41, 5.74) is 0.278. The van der Waals surface area contributed by atoms with Crippen LogP contribution in [0.4, 0.5) is 4.79 Å². The lowest BCUT2D eigenvalue weighted by atomic mass is 9.90. The van der Waals surface area contributed by atoms with Gasteiger partial charge >= 0.3 is 6.03 Å². The summed E-state index contributed by atoms with van der Waals surface area (Å²) < 4.78 is 5.12. The summed E-state index contributed by atoms with van der Waals surface area (Å²) in [4.78, 5) is 38.3. The van der Waals surface area contributed by atoms with E-state index in [0.717, 1.165) is 41.9 Å². The van der Waals surface area contributed by atoms with Crippen molar-refractivity contribution < 1.29 is 19.1 Å². The van der Waals surface area contributed by atoms with E-state index in [-0.39, 0.29) is 18.4 Å². The molecule has 146 valence electrons. The lowest BCUT2D eigenvalue weighted by Gasteiger charge is -2.24. The average molecular weight is 373 g/mol. The van der Waals surface area contributed by atoms with Gasteiger partial charge < -0.3 is 15.4 Å². The highest BCUT2D eigenvalue weighted by Crippen LogP contribution is 2.32. The van der Waals surface area contributed by atoms with E-state index in [1.807, 2.05) is 24.3 Å². The zero-order valence-corrected chi connectivity index (χ0v) is 15.8. The second-order valence-electron chi connectivity index (χ2n) is 7.27. The number of rotatable bonds is 6. The highest BCUT2D eigenvalue weighted by atomic mass is 16.5. The molecule has 1 aliphatic heterocycles. The van der Waals surface area contributed by atoms with Crippen molar-refractivity contribution in [3.8, 4) is 5.75 Å². The molecule has 1 aromatic carbocycles. The maximum atomic E-state index is 12.8. The van der Waals surface area contributed by atoms with Crippen LogP contribution >= 0.6 is 0 Å². The van der Waals surface area contributed by atoms with Gasteiger partial charge in [0.1, 0.15) is 17.8 Å². The molecule has 1 aliphatic carbocycles. The molecule has 1 spiro atoms. The first kappa shape index (κ1) is 19.2. The minimum atomic E-state index is -0.795. The number of hydrogen-bond acceptors (Lipinski definition) is 4. The van der Waals surface area contributed by atoms with Crippen molar-refractivity contribution in [3.63, 3.8) is 0 Å². The van der Waals surface area contributed by atoms with Crippen LogP contribution in [0.5, 0.6) is 5.75 Å². The average Bonchev–Trinajstić information content (AvgIpc) is 2.84. The largest absolute Gasteiger partial charge is 0.497 e. The van der Waals surface area contributed by atoms with Crippen molar-refractivity contribution >= 4 is 17.8 Å². The van der Waals surface area contributed by atoms with Crippen LogP contribution < -0.4 is 15.4 Å². The molecule has 3 rings (SSSR count). The Morgan fingerprint density at radius 1 is 1.15 bits per heavy atom. The molecule has 2 fully saturated rings. The van der Waals surface area contributed by atoms with Gasteiger partial charge in [-0.1, -0.05) is 37.8 Å². The number of nitrogens with one attached hydrogen (secondary N) is 2. The molecule has 0 atom stereocenters. The van der Waals surface area contributed by atoms with Crippen LogP contribution in [-0.4, -0.2) is 48.5 Å². The Hall–Kier alpha value is -2.57. The van der Waals surface area contributed by atoms with Gasteiger partial charge in [-0.25, -0.2) is 4.79 Å². The minimum absolute atomic E-state index is 0.227. The number of ether oxygens (including phenoxy) is 1. The van der Waals surface area contributed by atoms with Gasteiger partial charge in [0.15, 0.2) is 0 Å². The minimum Gasteiger partial charge on any atom is -0.497 e. The quantitative estimate of drug-likeness (QED) is 0.747. The van der Waals surface area contributed by atoms with Gasteiger partial charge in [0.05, 0.1) is 7.11 Å². The van der Waals surface area contributed by atoms with E-state index in [9.17, 15) is 14.4 Å². The molecular weight excluding hydrogens is 346 g/mol. The SMILES string of the molecule is COc1ccc(CCNC(=O)CN2C(=O)NC3(CCCCCC3)C2=O)cc1. The molecule has 0 aromatic heterocycles. The van der Waals surface area contributed by atoms with E-state index < -0.39 is 11.6 Å². The molecule has 0 unspecified atom stereocenters. The number of carbonyl (C=O) groups excluding carboxylic acids is 3. The summed E-state index contributed by atoms with van der Waals surface area (Å²) in [5.74, 6) is 0.214. The predicted octanol–water partition coefficient (Wildman–Crippen LogP) is 2.00. The number of carbonyl (C=O) groups is 3. The van der Waals surface area contributed by atoms with E-state index >= 15 is 0 Å². The van der Waals surface area contributed by atoms with Crippen molar-refractivity contribution in [2.24, 2.45) is 0 Å². The van der Waals surface area contributed by atoms with Gasteiger partial charge in [0, 0.05) is 6.54 Å². The first-order valence-corrected chi connectivity index (χ1v) is 9.58. The van der Waals surface area contributed by atoms with E-state index in [1.54, 1.807) is 7.11 Å². The lowest BCUT2D eigenvalue weighted by Crippen LogP contribution is -2.47. The monoisotopic (exact) mass is 373 g/mol. The number of nitrogens with zero attached hydrogens (tertiary/aromatic N) is 1. The molecule has 1 saturated carbocycles. The van der Waals surface area contributed by atoms with Gasteiger partial charge in [0.2, 0.25) is 5.91 Å². The van der Waals surface area contributed by atoms with E-state index in [0.29, 0.717) is 25.8 Å². The van der Waals surface area contributed by atoms with Crippen molar-refractivity contribution in [3.05, 3.63) is 29.8 Å². The van der Waals surface area contributed by atoms with Crippen LogP contribution in [0.2, 0.25) is 0 Å². The van der Waals surface area contributed by atoms with Crippen molar-refractivity contribution in [2.75, 3.05) is 20.2 Å². The lowest BCUT2D eigenvalue weighted by molar-refractivity contribution is -0.135. The maximum Gasteiger partial charge on any atom is 0.325 e. The number of methoxy groups -OCH3 is 1. The van der Waals surface area contributed by atoms with E-state index in [2.05, 4.69) is 10.6 Å². The maximum absolute atomic E-state index is 12.8. The van der Waals surface area contributed by atoms with Crippen LogP contribution in [0.1, 0.15) is 44.1 Å². The van der Waals surface area contributed by atoms with Crippen molar-refractivity contribution in [1.82, 2.24) is 15.5 Å². The normalized spacial score (nSPS) is 18.9. The Labute approximate surface area is 159 Å². The predicted molar refractivity (Wildman–Crippen MR) is 100 cm³/mol. The first-order valence-electron chi connectivity index (χ1n) is 9.58. The van der Waals surface area contributed by atoms with Gasteiger partial charge in [-0.3, -0.25) is 14.5 Å². The first-order chi connectivity index (χ1) is 13.0. The van der Waals surface area contributed by atoms with Gasteiger partial charge in [-0.2, -0.15) is 0 Å². The number of imide groups is 1. The third-order valence-electron chi connectivity index (χ3n) is 5.40. The fraction of sp³-hybridized carbons (Fsp3) is 0.550. The van der Waals surface area contributed by atoms with Crippen LogP contribution in [0.15, 0.2) is 24.3 Å². The summed E-state index contributed by atoms with van der Waals surface area (Å²) in [6, 6.07) is 7.18. The summed E-state index contributed by atoms with van der Waals surface area (Å²) >= 11 is 0. The second kappa shape index (κ2) is 8.41. The summed E-state index contributed by atoms with van der Waals surface area (Å²) in [6.07, 6.45) is 6.00. The smallest absolute Gasteiger partial charge is 0.325 e. The molecule has 2 N–H and O–H groups in total. The molecule has 2 aliphatic rings. The Morgan fingerprint density at radius 3 is 2.44 bits per heavy atom. The molecule has 7 heteroatoms. The molecule has 0 bridgehead atoms. The van der Waals surface area contributed by atoms with E-state index in [4.69, 9.17) is 4.74 Å². The number of amides is 4. The molecule has 7 nitrogen and oxygen atoms in total. The third kappa shape index (κ3) is 4.40.